The van der Waals surface area contributed by atoms with E-state index in [0.29, 0.717) is 32.4 Å². The summed E-state index contributed by atoms with van der Waals surface area (Å²) in [5.41, 5.74) is -0.622. The van der Waals surface area contributed by atoms with Gasteiger partial charge in [-0.25, -0.2) is 5.32 Å². The summed E-state index contributed by atoms with van der Waals surface area (Å²) in [6.45, 7) is 2.09. The Morgan fingerprint density at radius 1 is 1.28 bits per heavy atom. The molecule has 0 aliphatic carbocycles. The molecular weight excluding hydrogens is 230 g/mol. The Kier molecular flexibility index (Phi) is 3.90. The second-order valence-corrected chi connectivity index (χ2v) is 5.40. The van der Waals surface area contributed by atoms with Crippen LogP contribution in [0, 0.1) is 0 Å². The van der Waals surface area contributed by atoms with Crippen LogP contribution < -0.4 is 5.32 Å². The average Bonchev–Trinajstić information content (AvgIpc) is 2.39. The molecule has 2 rings (SSSR count). The average molecular weight is 252 g/mol. The van der Waals surface area contributed by atoms with Gasteiger partial charge in [-0.1, -0.05) is 0 Å². The van der Waals surface area contributed by atoms with Crippen molar-refractivity contribution in [3.05, 3.63) is 0 Å². The first-order valence-electron chi connectivity index (χ1n) is 6.73. The number of likely N-dealkylation sites (N-methyl/N-ethyl adjacent to an activating group) is 1. The number of carbonyl (C=O) groups excluding carboxylic acids is 2. The molecule has 18 heavy (non-hydrogen) atoms. The summed E-state index contributed by atoms with van der Waals surface area (Å²) in [6.07, 6.45) is 3.89. The zero-order valence-electron chi connectivity index (χ0n) is 11.3. The standard InChI is InChI=1S/C13H22N3O2/c1-15(2)12(18)13(6-8-14-9-7-13)16-10-4-3-5-11(16)17/h3-10H2,1-2H3. The SMILES string of the molecule is CN(C)C(=O)C1(N2CCCCC2=O)CC[N]CC1. The van der Waals surface area contributed by atoms with Gasteiger partial charge in [-0.3, -0.25) is 9.59 Å². The lowest BCUT2D eigenvalue weighted by Crippen LogP contribution is -2.64. The highest BCUT2D eigenvalue weighted by molar-refractivity contribution is 5.91. The van der Waals surface area contributed by atoms with Crippen molar-refractivity contribution in [1.82, 2.24) is 15.1 Å². The summed E-state index contributed by atoms with van der Waals surface area (Å²) in [4.78, 5) is 28.2. The maximum absolute atomic E-state index is 12.6. The molecule has 2 aliphatic heterocycles. The predicted octanol–water partition coefficient (Wildman–Crippen LogP) is 0.224. The second kappa shape index (κ2) is 5.26. The van der Waals surface area contributed by atoms with Gasteiger partial charge in [0.2, 0.25) is 11.8 Å². The van der Waals surface area contributed by atoms with Crippen molar-refractivity contribution in [2.24, 2.45) is 0 Å². The summed E-state index contributed by atoms with van der Waals surface area (Å²) in [7, 11) is 3.54. The molecule has 0 N–H and O–H groups in total. The minimum absolute atomic E-state index is 0.0626. The van der Waals surface area contributed by atoms with Gasteiger partial charge < -0.3 is 9.80 Å². The van der Waals surface area contributed by atoms with Crippen molar-refractivity contribution in [2.45, 2.75) is 37.6 Å². The fourth-order valence-electron chi connectivity index (χ4n) is 3.04. The van der Waals surface area contributed by atoms with Crippen molar-refractivity contribution in [2.75, 3.05) is 33.7 Å². The van der Waals surface area contributed by atoms with E-state index < -0.39 is 5.54 Å². The number of likely N-dealkylation sites (tertiary alicyclic amines) is 1. The fourth-order valence-corrected chi connectivity index (χ4v) is 3.04. The number of hydrogen-bond acceptors (Lipinski definition) is 2. The topological polar surface area (TPSA) is 54.7 Å². The Hall–Kier alpha value is -1.10. The van der Waals surface area contributed by atoms with Crippen molar-refractivity contribution >= 4 is 11.8 Å². The van der Waals surface area contributed by atoms with Gasteiger partial charge in [0.05, 0.1) is 0 Å². The molecule has 0 atom stereocenters. The van der Waals surface area contributed by atoms with Crippen LogP contribution in [0.3, 0.4) is 0 Å². The minimum Gasteiger partial charge on any atom is -0.347 e. The molecule has 5 heteroatoms. The number of hydrogen-bond donors (Lipinski definition) is 0. The molecule has 0 spiro atoms. The molecule has 0 aromatic carbocycles. The van der Waals surface area contributed by atoms with E-state index >= 15 is 0 Å². The Morgan fingerprint density at radius 3 is 2.50 bits per heavy atom. The van der Waals surface area contributed by atoms with Crippen LogP contribution in [0.2, 0.25) is 0 Å². The van der Waals surface area contributed by atoms with E-state index in [9.17, 15) is 9.59 Å². The van der Waals surface area contributed by atoms with Crippen LogP contribution in [0.4, 0.5) is 0 Å². The zero-order chi connectivity index (χ0) is 13.2. The monoisotopic (exact) mass is 252 g/mol. The largest absolute Gasteiger partial charge is 0.347 e. The smallest absolute Gasteiger partial charge is 0.248 e. The highest BCUT2D eigenvalue weighted by Gasteiger charge is 2.48. The van der Waals surface area contributed by atoms with Gasteiger partial charge in [0.15, 0.2) is 0 Å². The van der Waals surface area contributed by atoms with Gasteiger partial charge in [-0.15, -0.1) is 0 Å². The van der Waals surface area contributed by atoms with Crippen molar-refractivity contribution < 1.29 is 9.59 Å². The van der Waals surface area contributed by atoms with E-state index in [0.717, 1.165) is 19.4 Å². The van der Waals surface area contributed by atoms with Crippen LogP contribution in [-0.2, 0) is 9.59 Å². The summed E-state index contributed by atoms with van der Waals surface area (Å²) in [5, 5.41) is 4.33. The summed E-state index contributed by atoms with van der Waals surface area (Å²) in [6, 6.07) is 0. The van der Waals surface area contributed by atoms with Gasteiger partial charge in [-0.2, -0.15) is 0 Å². The number of nitrogens with zero attached hydrogens (tertiary/aromatic N) is 3. The Labute approximate surface area is 108 Å². The zero-order valence-corrected chi connectivity index (χ0v) is 11.3. The molecule has 2 aliphatic rings. The molecule has 5 nitrogen and oxygen atoms in total. The lowest BCUT2D eigenvalue weighted by atomic mass is 9.83. The van der Waals surface area contributed by atoms with E-state index in [4.69, 9.17) is 0 Å². The van der Waals surface area contributed by atoms with Crippen molar-refractivity contribution in [3.63, 3.8) is 0 Å². The van der Waals surface area contributed by atoms with Crippen LogP contribution in [0.15, 0.2) is 0 Å². The van der Waals surface area contributed by atoms with E-state index in [2.05, 4.69) is 5.32 Å². The fraction of sp³-hybridized carbons (Fsp3) is 0.846. The first-order chi connectivity index (χ1) is 8.58. The number of rotatable bonds is 2. The Bertz CT molecular complexity index is 335. The van der Waals surface area contributed by atoms with Gasteiger partial charge in [0.25, 0.3) is 0 Å². The van der Waals surface area contributed by atoms with Crippen LogP contribution in [0.1, 0.15) is 32.1 Å². The highest BCUT2D eigenvalue weighted by atomic mass is 16.2. The normalized spacial score (nSPS) is 23.9. The first kappa shape index (κ1) is 13.3. The van der Waals surface area contributed by atoms with E-state index in [1.807, 2.05) is 4.90 Å². The summed E-state index contributed by atoms with van der Waals surface area (Å²) < 4.78 is 0. The highest BCUT2D eigenvalue weighted by Crippen LogP contribution is 2.31. The van der Waals surface area contributed by atoms with Crippen molar-refractivity contribution in [3.8, 4) is 0 Å². The maximum Gasteiger partial charge on any atom is 0.248 e. The second-order valence-electron chi connectivity index (χ2n) is 5.40. The lowest BCUT2D eigenvalue weighted by Gasteiger charge is -2.47. The quantitative estimate of drug-likeness (QED) is 0.706. The van der Waals surface area contributed by atoms with Crippen LogP contribution in [-0.4, -0.2) is 60.9 Å². The van der Waals surface area contributed by atoms with Gasteiger partial charge >= 0.3 is 0 Å². The van der Waals surface area contributed by atoms with Crippen molar-refractivity contribution in [1.29, 1.82) is 0 Å². The minimum atomic E-state index is -0.622. The molecule has 2 heterocycles. The molecule has 0 aromatic heterocycles. The third-order valence-electron chi connectivity index (χ3n) is 4.01. The number of carbonyl (C=O) groups is 2. The van der Waals surface area contributed by atoms with E-state index in [1.165, 1.54) is 0 Å². The Morgan fingerprint density at radius 2 is 1.94 bits per heavy atom. The number of amides is 2. The molecule has 101 valence electrons. The molecule has 0 unspecified atom stereocenters. The van der Waals surface area contributed by atoms with Crippen LogP contribution >= 0.6 is 0 Å². The van der Waals surface area contributed by atoms with E-state index in [-0.39, 0.29) is 11.8 Å². The summed E-state index contributed by atoms with van der Waals surface area (Å²) >= 11 is 0. The predicted molar refractivity (Wildman–Crippen MR) is 68.1 cm³/mol. The molecule has 0 bridgehead atoms. The molecule has 2 saturated heterocycles. The third-order valence-corrected chi connectivity index (χ3v) is 4.01. The number of piperidine rings is 2. The van der Waals surface area contributed by atoms with Gasteiger partial charge in [0, 0.05) is 40.2 Å². The molecule has 2 amide bonds. The van der Waals surface area contributed by atoms with Gasteiger partial charge in [-0.05, 0) is 25.7 Å². The first-order valence-corrected chi connectivity index (χ1v) is 6.73. The molecule has 0 saturated carbocycles. The maximum atomic E-state index is 12.6. The third kappa shape index (κ3) is 2.23. The lowest BCUT2D eigenvalue weighted by molar-refractivity contribution is -0.156. The van der Waals surface area contributed by atoms with Gasteiger partial charge in [0.1, 0.15) is 5.54 Å². The summed E-state index contributed by atoms with van der Waals surface area (Å²) in [5.74, 6) is 0.200. The Balaban J connectivity index is 2.28. The van der Waals surface area contributed by atoms with Crippen LogP contribution in [0.25, 0.3) is 0 Å². The van der Waals surface area contributed by atoms with Crippen LogP contribution in [0.5, 0.6) is 0 Å². The van der Waals surface area contributed by atoms with E-state index in [1.54, 1.807) is 19.0 Å². The molecular formula is C13H22N3O2. The molecule has 1 radical (unpaired) electrons. The molecule has 0 aromatic rings. The molecule has 2 fully saturated rings.